The van der Waals surface area contributed by atoms with Crippen LogP contribution < -0.4 is 14.8 Å². The van der Waals surface area contributed by atoms with E-state index < -0.39 is 0 Å². The van der Waals surface area contributed by atoms with Crippen LogP contribution in [0.1, 0.15) is 31.1 Å². The number of pyridine rings is 1. The number of H-pyrrole nitrogens is 1. The van der Waals surface area contributed by atoms with Crippen molar-refractivity contribution in [3.05, 3.63) is 60.2 Å². The number of nitrogens with one attached hydrogen (secondary N) is 2. The van der Waals surface area contributed by atoms with Crippen LogP contribution in [0.15, 0.2) is 48.9 Å². The average molecular weight is 426 g/mol. The van der Waals surface area contributed by atoms with Crippen molar-refractivity contribution in [3.63, 3.8) is 0 Å². The maximum absolute atomic E-state index is 9.15. The molecule has 1 aliphatic rings. The van der Waals surface area contributed by atoms with E-state index in [0.29, 0.717) is 24.8 Å². The maximum atomic E-state index is 9.15. The Bertz CT molecular complexity index is 1320. The summed E-state index contributed by atoms with van der Waals surface area (Å²) >= 11 is 0. The lowest BCUT2D eigenvalue weighted by molar-refractivity contribution is 0.171. The molecule has 0 amide bonds. The number of benzene rings is 1. The highest BCUT2D eigenvalue weighted by molar-refractivity contribution is 5.91. The number of aromatic nitrogens is 4. The lowest BCUT2D eigenvalue weighted by Crippen LogP contribution is -2.19. The molecular formula is C24H22N6O2. The van der Waals surface area contributed by atoms with Crippen molar-refractivity contribution < 1.29 is 9.47 Å². The quantitative estimate of drug-likeness (QED) is 0.484. The molecule has 32 heavy (non-hydrogen) atoms. The maximum Gasteiger partial charge on any atom is 0.161 e. The number of fused-ring (bicyclic) bond motifs is 2. The lowest BCUT2D eigenvalue weighted by Gasteiger charge is -2.26. The van der Waals surface area contributed by atoms with Crippen molar-refractivity contribution in [3.8, 4) is 28.8 Å². The summed E-state index contributed by atoms with van der Waals surface area (Å²) in [5.74, 6) is 2.57. The van der Waals surface area contributed by atoms with Gasteiger partial charge in [0.2, 0.25) is 0 Å². The molecule has 1 atom stereocenters. The third kappa shape index (κ3) is 3.69. The monoisotopic (exact) mass is 426 g/mol. The first-order valence-corrected chi connectivity index (χ1v) is 10.5. The Labute approximate surface area is 185 Å². The van der Waals surface area contributed by atoms with Crippen molar-refractivity contribution in [2.24, 2.45) is 5.92 Å². The molecule has 0 saturated heterocycles. The molecule has 2 N–H and O–H groups in total. The molecule has 0 spiro atoms. The molecule has 8 nitrogen and oxygen atoms in total. The van der Waals surface area contributed by atoms with E-state index in [4.69, 9.17) is 14.7 Å². The fraction of sp³-hybridized carbons (Fsp3) is 0.250. The number of hydrogen-bond donors (Lipinski definition) is 2. The van der Waals surface area contributed by atoms with Crippen molar-refractivity contribution in [1.29, 1.82) is 5.26 Å². The van der Waals surface area contributed by atoms with E-state index in [1.54, 1.807) is 18.6 Å². The van der Waals surface area contributed by atoms with Gasteiger partial charge in [0.15, 0.2) is 11.5 Å². The number of aromatic amines is 1. The second-order valence-electron chi connectivity index (χ2n) is 7.98. The second kappa shape index (κ2) is 8.19. The van der Waals surface area contributed by atoms with Gasteiger partial charge in [-0.15, -0.1) is 0 Å². The van der Waals surface area contributed by atoms with E-state index in [0.717, 1.165) is 45.2 Å². The first-order valence-electron chi connectivity index (χ1n) is 10.5. The van der Waals surface area contributed by atoms with E-state index in [2.05, 4.69) is 51.2 Å². The summed E-state index contributed by atoms with van der Waals surface area (Å²) < 4.78 is 11.4. The molecule has 4 heterocycles. The number of rotatable bonds is 5. The van der Waals surface area contributed by atoms with Crippen molar-refractivity contribution >= 4 is 16.9 Å². The van der Waals surface area contributed by atoms with E-state index in [1.165, 1.54) is 0 Å². The van der Waals surface area contributed by atoms with Gasteiger partial charge in [-0.05, 0) is 41.8 Å². The fourth-order valence-corrected chi connectivity index (χ4v) is 3.91. The number of anilines is 1. The Morgan fingerprint density at radius 1 is 1.03 bits per heavy atom. The van der Waals surface area contributed by atoms with Gasteiger partial charge in [0.25, 0.3) is 0 Å². The van der Waals surface area contributed by atoms with Crippen LogP contribution >= 0.6 is 0 Å². The van der Waals surface area contributed by atoms with Crippen LogP contribution in [0.5, 0.6) is 11.5 Å². The Morgan fingerprint density at radius 2 is 1.88 bits per heavy atom. The molecule has 1 aromatic carbocycles. The normalized spacial score (nSPS) is 13.7. The molecule has 5 rings (SSSR count). The summed E-state index contributed by atoms with van der Waals surface area (Å²) in [5, 5.41) is 13.6. The van der Waals surface area contributed by atoms with Crippen LogP contribution in [0.2, 0.25) is 0 Å². The molecule has 3 aromatic heterocycles. The van der Waals surface area contributed by atoms with Gasteiger partial charge in [0, 0.05) is 17.5 Å². The smallest absolute Gasteiger partial charge is 0.161 e. The number of hydrogen-bond acceptors (Lipinski definition) is 7. The number of ether oxygens (including phenoxy) is 2. The van der Waals surface area contributed by atoms with Crippen LogP contribution in [0.3, 0.4) is 0 Å². The van der Waals surface area contributed by atoms with Crippen molar-refractivity contribution in [2.45, 2.75) is 19.9 Å². The summed E-state index contributed by atoms with van der Waals surface area (Å²) in [6.07, 6.45) is 3.17. The fourth-order valence-electron chi connectivity index (χ4n) is 3.91. The average Bonchev–Trinajstić information content (AvgIpc) is 3.27. The molecule has 160 valence electrons. The van der Waals surface area contributed by atoms with Crippen LogP contribution in [0.4, 0.5) is 5.82 Å². The Balaban J connectivity index is 1.51. The number of nitrogens with zero attached hydrogens (tertiary/aromatic N) is 4. The minimum atomic E-state index is 0.00777. The summed E-state index contributed by atoms with van der Waals surface area (Å²) in [5.41, 5.74) is 3.90. The summed E-state index contributed by atoms with van der Waals surface area (Å²) in [7, 11) is 0. The third-order valence-corrected chi connectivity index (χ3v) is 5.50. The van der Waals surface area contributed by atoms with Gasteiger partial charge < -0.3 is 19.8 Å². The van der Waals surface area contributed by atoms with Crippen LogP contribution in [0.25, 0.3) is 22.3 Å². The Kier molecular flexibility index (Phi) is 5.07. The highest BCUT2D eigenvalue weighted by Gasteiger charge is 2.21. The standard InChI is InChI=1S/C24H22N6O2/c1-14(2)22(16-3-4-20-21(10-16)32-8-7-31-20)30-24-18-11-19(29-23(18)27-13-28-24)15-5-6-26-17(9-15)12-25/h3-6,9-11,13-14,22H,7-8H2,1-2H3,(H2,27,28,29,30)/t22-/m1/s1. The minimum absolute atomic E-state index is 0.00777. The molecule has 8 heteroatoms. The molecule has 0 unspecified atom stereocenters. The zero-order chi connectivity index (χ0) is 22.1. The Hall–Kier alpha value is -4.12. The predicted octanol–water partition coefficient (Wildman–Crippen LogP) is 4.47. The highest BCUT2D eigenvalue weighted by atomic mass is 16.6. The SMILES string of the molecule is CC(C)[C@@H](Nc1ncnc2[nH]c(-c3ccnc(C#N)c3)cc12)c1ccc2c(c1)OCCO2. The zero-order valence-corrected chi connectivity index (χ0v) is 17.8. The molecule has 0 aliphatic carbocycles. The van der Waals surface area contributed by atoms with Crippen molar-refractivity contribution in [1.82, 2.24) is 19.9 Å². The topological polar surface area (TPSA) is 109 Å². The summed E-state index contributed by atoms with van der Waals surface area (Å²) in [6.45, 7) is 5.45. The van der Waals surface area contributed by atoms with Crippen LogP contribution in [-0.2, 0) is 0 Å². The van der Waals surface area contributed by atoms with E-state index >= 15 is 0 Å². The largest absolute Gasteiger partial charge is 0.486 e. The molecule has 0 bridgehead atoms. The van der Waals surface area contributed by atoms with E-state index in [-0.39, 0.29) is 6.04 Å². The summed E-state index contributed by atoms with van der Waals surface area (Å²) in [6, 6.07) is 13.7. The predicted molar refractivity (Wildman–Crippen MR) is 120 cm³/mol. The van der Waals surface area contributed by atoms with Crippen LogP contribution in [0, 0.1) is 17.2 Å². The van der Waals surface area contributed by atoms with Crippen LogP contribution in [-0.4, -0.2) is 33.1 Å². The second-order valence-corrected chi connectivity index (χ2v) is 7.98. The molecule has 0 saturated carbocycles. The zero-order valence-electron chi connectivity index (χ0n) is 17.8. The van der Waals surface area contributed by atoms with Gasteiger partial charge in [0.05, 0.1) is 11.4 Å². The highest BCUT2D eigenvalue weighted by Crippen LogP contribution is 2.36. The third-order valence-electron chi connectivity index (χ3n) is 5.50. The van der Waals surface area contributed by atoms with Gasteiger partial charge in [-0.25, -0.2) is 15.0 Å². The molecule has 0 radical (unpaired) electrons. The first-order chi connectivity index (χ1) is 15.6. The van der Waals surface area contributed by atoms with Gasteiger partial charge >= 0.3 is 0 Å². The Morgan fingerprint density at radius 3 is 2.69 bits per heavy atom. The van der Waals surface area contributed by atoms with Gasteiger partial charge in [0.1, 0.15) is 42.8 Å². The van der Waals surface area contributed by atoms with Gasteiger partial charge in [-0.2, -0.15) is 5.26 Å². The lowest BCUT2D eigenvalue weighted by atomic mass is 9.95. The van der Waals surface area contributed by atoms with E-state index in [1.807, 2.05) is 24.3 Å². The molecule has 1 aliphatic heterocycles. The van der Waals surface area contributed by atoms with Crippen molar-refractivity contribution in [2.75, 3.05) is 18.5 Å². The van der Waals surface area contributed by atoms with Gasteiger partial charge in [-0.1, -0.05) is 19.9 Å². The minimum Gasteiger partial charge on any atom is -0.486 e. The summed E-state index contributed by atoms with van der Waals surface area (Å²) in [4.78, 5) is 16.3. The molecule has 0 fully saturated rings. The number of nitriles is 1. The first kappa shape index (κ1) is 19.8. The van der Waals surface area contributed by atoms with E-state index in [9.17, 15) is 0 Å². The molecular weight excluding hydrogens is 404 g/mol. The molecule has 4 aromatic rings. The van der Waals surface area contributed by atoms with Gasteiger partial charge in [-0.3, -0.25) is 0 Å².